The van der Waals surface area contributed by atoms with E-state index in [2.05, 4.69) is 18.2 Å². The maximum Gasteiger partial charge on any atom is 0.0981 e. The second-order valence-electron chi connectivity index (χ2n) is 3.76. The predicted octanol–water partition coefficient (Wildman–Crippen LogP) is 3.02. The molecule has 0 aliphatic carbocycles. The van der Waals surface area contributed by atoms with Crippen molar-refractivity contribution in [3.63, 3.8) is 0 Å². The third-order valence-corrected chi connectivity index (χ3v) is 2.86. The Bertz CT molecular complexity index is 457. The van der Waals surface area contributed by atoms with Crippen molar-refractivity contribution in [1.82, 2.24) is 0 Å². The standard InChI is InChI=1S/C13H12O2/c1-2-10-8-15-7-5-13(10)12(3-1)11-4-6-14-9-11/h1-4,6,9H,5,7-8H2. The average molecular weight is 200 g/mol. The molecule has 1 aliphatic rings. The molecule has 76 valence electrons. The van der Waals surface area contributed by atoms with E-state index in [1.165, 1.54) is 16.7 Å². The summed E-state index contributed by atoms with van der Waals surface area (Å²) in [7, 11) is 0. The lowest BCUT2D eigenvalue weighted by atomic mass is 9.94. The van der Waals surface area contributed by atoms with E-state index in [4.69, 9.17) is 9.15 Å². The monoisotopic (exact) mass is 200 g/mol. The van der Waals surface area contributed by atoms with Gasteiger partial charge < -0.3 is 9.15 Å². The van der Waals surface area contributed by atoms with E-state index in [1.54, 1.807) is 12.5 Å². The highest BCUT2D eigenvalue weighted by molar-refractivity contribution is 5.68. The van der Waals surface area contributed by atoms with Gasteiger partial charge in [-0.2, -0.15) is 0 Å². The van der Waals surface area contributed by atoms with Gasteiger partial charge in [0.1, 0.15) is 0 Å². The number of rotatable bonds is 1. The van der Waals surface area contributed by atoms with Gasteiger partial charge in [-0.15, -0.1) is 0 Å². The number of benzene rings is 1. The van der Waals surface area contributed by atoms with Crippen molar-refractivity contribution in [2.75, 3.05) is 6.61 Å². The average Bonchev–Trinajstić information content (AvgIpc) is 2.82. The zero-order chi connectivity index (χ0) is 10.1. The maximum absolute atomic E-state index is 5.44. The summed E-state index contributed by atoms with van der Waals surface area (Å²) in [5.41, 5.74) is 5.16. The molecule has 1 aliphatic heterocycles. The minimum atomic E-state index is 0.737. The largest absolute Gasteiger partial charge is 0.472 e. The molecule has 2 aromatic rings. The molecule has 0 unspecified atom stereocenters. The van der Waals surface area contributed by atoms with Crippen LogP contribution < -0.4 is 0 Å². The molecule has 0 fully saturated rings. The van der Waals surface area contributed by atoms with Crippen molar-refractivity contribution < 1.29 is 9.15 Å². The molecule has 0 bridgehead atoms. The topological polar surface area (TPSA) is 22.4 Å². The summed E-state index contributed by atoms with van der Waals surface area (Å²) in [6, 6.07) is 8.37. The summed E-state index contributed by atoms with van der Waals surface area (Å²) >= 11 is 0. The summed E-state index contributed by atoms with van der Waals surface area (Å²) in [6.07, 6.45) is 4.51. The molecule has 0 amide bonds. The van der Waals surface area contributed by atoms with E-state index in [0.717, 1.165) is 25.2 Å². The first kappa shape index (κ1) is 8.74. The molecule has 2 heterocycles. The molecule has 3 rings (SSSR count). The highest BCUT2D eigenvalue weighted by Crippen LogP contribution is 2.29. The van der Waals surface area contributed by atoms with Gasteiger partial charge in [-0.1, -0.05) is 18.2 Å². The van der Waals surface area contributed by atoms with Crippen LogP contribution in [0, 0.1) is 0 Å². The van der Waals surface area contributed by atoms with E-state index in [1.807, 2.05) is 6.07 Å². The molecule has 0 N–H and O–H groups in total. The van der Waals surface area contributed by atoms with Crippen molar-refractivity contribution >= 4 is 0 Å². The van der Waals surface area contributed by atoms with Gasteiger partial charge in [-0.05, 0) is 29.2 Å². The minimum absolute atomic E-state index is 0.737. The van der Waals surface area contributed by atoms with Gasteiger partial charge in [0, 0.05) is 5.56 Å². The van der Waals surface area contributed by atoms with Crippen LogP contribution in [-0.2, 0) is 17.8 Å². The molecule has 15 heavy (non-hydrogen) atoms. The fraction of sp³-hybridized carbons (Fsp3) is 0.231. The van der Waals surface area contributed by atoms with Crippen molar-refractivity contribution in [3.8, 4) is 11.1 Å². The molecule has 0 saturated heterocycles. The Labute approximate surface area is 88.5 Å². The Morgan fingerprint density at radius 1 is 1.13 bits per heavy atom. The summed E-state index contributed by atoms with van der Waals surface area (Å²) in [5, 5.41) is 0. The van der Waals surface area contributed by atoms with Crippen LogP contribution in [0.4, 0.5) is 0 Å². The second-order valence-corrected chi connectivity index (χ2v) is 3.76. The van der Waals surface area contributed by atoms with Gasteiger partial charge >= 0.3 is 0 Å². The minimum Gasteiger partial charge on any atom is -0.472 e. The van der Waals surface area contributed by atoms with E-state index in [0.29, 0.717) is 0 Å². The Hall–Kier alpha value is -1.54. The van der Waals surface area contributed by atoms with E-state index in [9.17, 15) is 0 Å². The van der Waals surface area contributed by atoms with Crippen molar-refractivity contribution in [3.05, 3.63) is 47.9 Å². The van der Waals surface area contributed by atoms with Crippen LogP contribution >= 0.6 is 0 Å². The normalized spacial score (nSPS) is 14.9. The van der Waals surface area contributed by atoms with Crippen LogP contribution in [0.2, 0.25) is 0 Å². The van der Waals surface area contributed by atoms with Crippen molar-refractivity contribution in [2.45, 2.75) is 13.0 Å². The number of fused-ring (bicyclic) bond motifs is 1. The summed E-state index contributed by atoms with van der Waals surface area (Å²) in [4.78, 5) is 0. The number of hydrogen-bond acceptors (Lipinski definition) is 2. The Balaban J connectivity index is 2.15. The van der Waals surface area contributed by atoms with Crippen LogP contribution in [0.3, 0.4) is 0 Å². The van der Waals surface area contributed by atoms with Crippen molar-refractivity contribution in [1.29, 1.82) is 0 Å². The smallest absolute Gasteiger partial charge is 0.0981 e. The molecular weight excluding hydrogens is 188 g/mol. The lowest BCUT2D eigenvalue weighted by Gasteiger charge is -2.19. The fourth-order valence-electron chi connectivity index (χ4n) is 2.11. The van der Waals surface area contributed by atoms with Crippen LogP contribution in [0.5, 0.6) is 0 Å². The molecule has 1 aromatic carbocycles. The van der Waals surface area contributed by atoms with Gasteiger partial charge in [-0.3, -0.25) is 0 Å². The lowest BCUT2D eigenvalue weighted by molar-refractivity contribution is 0.111. The van der Waals surface area contributed by atoms with Crippen molar-refractivity contribution in [2.24, 2.45) is 0 Å². The van der Waals surface area contributed by atoms with E-state index < -0.39 is 0 Å². The Morgan fingerprint density at radius 3 is 3.00 bits per heavy atom. The first-order valence-corrected chi connectivity index (χ1v) is 5.16. The zero-order valence-electron chi connectivity index (χ0n) is 8.40. The molecular formula is C13H12O2. The number of ether oxygens (including phenoxy) is 1. The SMILES string of the molecule is c1cc2c(c(-c3ccoc3)c1)CCOC2. The fourth-order valence-corrected chi connectivity index (χ4v) is 2.11. The predicted molar refractivity (Wildman–Crippen MR) is 57.5 cm³/mol. The Morgan fingerprint density at radius 2 is 2.13 bits per heavy atom. The van der Waals surface area contributed by atoms with Gasteiger partial charge in [0.05, 0.1) is 25.7 Å². The first-order chi connectivity index (χ1) is 7.45. The highest BCUT2D eigenvalue weighted by Gasteiger charge is 2.14. The summed E-state index contributed by atoms with van der Waals surface area (Å²) < 4.78 is 10.6. The van der Waals surface area contributed by atoms with Gasteiger partial charge in [0.2, 0.25) is 0 Å². The molecule has 0 saturated carbocycles. The molecule has 0 atom stereocenters. The van der Waals surface area contributed by atoms with E-state index >= 15 is 0 Å². The van der Waals surface area contributed by atoms with Crippen LogP contribution in [0.1, 0.15) is 11.1 Å². The molecule has 2 heteroatoms. The lowest BCUT2D eigenvalue weighted by Crippen LogP contribution is -2.10. The van der Waals surface area contributed by atoms with E-state index in [-0.39, 0.29) is 0 Å². The van der Waals surface area contributed by atoms with Gasteiger partial charge in [0.15, 0.2) is 0 Å². The third kappa shape index (κ3) is 1.47. The number of hydrogen-bond donors (Lipinski definition) is 0. The summed E-state index contributed by atoms with van der Waals surface area (Å²) in [6.45, 7) is 1.56. The van der Waals surface area contributed by atoms with Crippen LogP contribution in [0.25, 0.3) is 11.1 Å². The first-order valence-electron chi connectivity index (χ1n) is 5.16. The zero-order valence-corrected chi connectivity index (χ0v) is 8.40. The molecule has 0 spiro atoms. The van der Waals surface area contributed by atoms with Crippen LogP contribution in [-0.4, -0.2) is 6.61 Å². The third-order valence-electron chi connectivity index (χ3n) is 2.86. The molecule has 2 nitrogen and oxygen atoms in total. The van der Waals surface area contributed by atoms with Gasteiger partial charge in [-0.25, -0.2) is 0 Å². The second kappa shape index (κ2) is 3.55. The molecule has 0 radical (unpaired) electrons. The Kier molecular flexibility index (Phi) is 2.07. The quantitative estimate of drug-likeness (QED) is 0.706. The summed E-state index contributed by atoms with van der Waals surface area (Å²) in [5.74, 6) is 0. The number of furan rings is 1. The van der Waals surface area contributed by atoms with Gasteiger partial charge in [0.25, 0.3) is 0 Å². The highest BCUT2D eigenvalue weighted by atomic mass is 16.5. The molecule has 1 aromatic heterocycles. The van der Waals surface area contributed by atoms with Crippen LogP contribution in [0.15, 0.2) is 41.2 Å². The maximum atomic E-state index is 5.44.